The molecule has 2 aliphatic rings. The summed E-state index contributed by atoms with van der Waals surface area (Å²) in [6.07, 6.45) is 2.27. The average Bonchev–Trinajstić information content (AvgIpc) is 3.39. The number of sulfonamides is 1. The van der Waals surface area contributed by atoms with Crippen LogP contribution in [0, 0.1) is 6.92 Å². The minimum absolute atomic E-state index is 0.0553. The Hall–Kier alpha value is -1.78. The molecule has 0 amide bonds. The van der Waals surface area contributed by atoms with Gasteiger partial charge in [0.05, 0.1) is 18.8 Å². The van der Waals surface area contributed by atoms with Crippen LogP contribution in [0.4, 0.5) is 0 Å². The van der Waals surface area contributed by atoms with Gasteiger partial charge in [0, 0.05) is 37.7 Å². The summed E-state index contributed by atoms with van der Waals surface area (Å²) in [5.41, 5.74) is 3.43. The normalized spacial score (nSPS) is 19.4. The van der Waals surface area contributed by atoms with Gasteiger partial charge in [0.1, 0.15) is 4.21 Å². The van der Waals surface area contributed by atoms with Gasteiger partial charge in [-0.15, -0.1) is 11.3 Å². The number of rotatable bonds is 7. The highest BCUT2D eigenvalue weighted by Gasteiger charge is 2.34. The van der Waals surface area contributed by atoms with Crippen LogP contribution in [0.3, 0.4) is 0 Å². The van der Waals surface area contributed by atoms with Crippen molar-refractivity contribution in [2.45, 2.75) is 49.6 Å². The average molecular weight is 465 g/mol. The largest absolute Gasteiger partial charge is 0.465 e. The summed E-state index contributed by atoms with van der Waals surface area (Å²) < 4.78 is 39.3. The highest BCUT2D eigenvalue weighted by atomic mass is 32.2. The molecule has 31 heavy (non-hydrogen) atoms. The molecule has 2 aliphatic heterocycles. The number of carbonyl (C=O) groups excluding carboxylic acids is 1. The summed E-state index contributed by atoms with van der Waals surface area (Å²) in [7, 11) is -2.55. The van der Waals surface area contributed by atoms with Gasteiger partial charge in [0.2, 0.25) is 0 Å². The lowest BCUT2D eigenvalue weighted by atomic mass is 10.0. The smallest absolute Gasteiger partial charge is 0.340 e. The van der Waals surface area contributed by atoms with Crippen molar-refractivity contribution in [1.29, 1.82) is 0 Å². The zero-order valence-electron chi connectivity index (χ0n) is 17.8. The monoisotopic (exact) mass is 464 g/mol. The number of hydrogen-bond acceptors (Lipinski definition) is 7. The Morgan fingerprint density at radius 2 is 2.23 bits per heavy atom. The van der Waals surface area contributed by atoms with E-state index in [0.29, 0.717) is 19.6 Å². The molecule has 1 N–H and O–H groups in total. The Bertz CT molecular complexity index is 1060. The van der Waals surface area contributed by atoms with Gasteiger partial charge in [-0.3, -0.25) is 4.90 Å². The van der Waals surface area contributed by atoms with E-state index in [1.165, 1.54) is 29.6 Å². The lowest BCUT2D eigenvalue weighted by Gasteiger charge is -2.27. The maximum absolute atomic E-state index is 13.1. The molecule has 0 bridgehead atoms. The summed E-state index contributed by atoms with van der Waals surface area (Å²) in [6.45, 7) is 5.09. The standard InChI is InChI=1S/C22H28N2O5S2/c1-15-5-3-6-16(11-15)13-24-9-8-18-19(14-24)30-22(20(18)21(25)28-2)31(26,27)23-12-17-7-4-10-29-17/h3,5-6,11,17,23H,4,7-10,12-14H2,1-2H3. The molecular weight excluding hydrogens is 436 g/mol. The van der Waals surface area contributed by atoms with Gasteiger partial charge in [0.25, 0.3) is 10.0 Å². The molecule has 9 heteroatoms. The third-order valence-corrected chi connectivity index (χ3v) is 8.91. The van der Waals surface area contributed by atoms with E-state index in [1.54, 1.807) is 0 Å². The first-order chi connectivity index (χ1) is 14.9. The lowest BCUT2D eigenvalue weighted by molar-refractivity contribution is 0.0595. The maximum Gasteiger partial charge on any atom is 0.340 e. The fourth-order valence-electron chi connectivity index (χ4n) is 4.21. The van der Waals surface area contributed by atoms with Crippen LogP contribution in [0.15, 0.2) is 28.5 Å². The van der Waals surface area contributed by atoms with Crippen LogP contribution in [0.5, 0.6) is 0 Å². The van der Waals surface area contributed by atoms with E-state index in [1.807, 2.05) is 6.07 Å². The van der Waals surface area contributed by atoms with Crippen molar-refractivity contribution < 1.29 is 22.7 Å². The zero-order chi connectivity index (χ0) is 22.0. The minimum atomic E-state index is -3.84. The van der Waals surface area contributed by atoms with Crippen molar-refractivity contribution in [3.63, 3.8) is 0 Å². The maximum atomic E-state index is 13.1. The topological polar surface area (TPSA) is 84.9 Å². The molecular formula is C22H28N2O5S2. The second-order valence-corrected chi connectivity index (χ2v) is 11.2. The van der Waals surface area contributed by atoms with Crippen molar-refractivity contribution >= 4 is 27.3 Å². The zero-order valence-corrected chi connectivity index (χ0v) is 19.5. The third kappa shape index (κ3) is 5.01. The number of benzene rings is 1. The number of esters is 1. The Labute approximate surface area is 187 Å². The summed E-state index contributed by atoms with van der Waals surface area (Å²) in [6, 6.07) is 8.38. The van der Waals surface area contributed by atoms with E-state index < -0.39 is 16.0 Å². The SMILES string of the molecule is COC(=O)c1c(S(=O)(=O)NCC2CCCO2)sc2c1CCN(Cc1cccc(C)c1)C2. The fourth-order valence-corrected chi connectivity index (χ4v) is 7.24. The number of nitrogens with one attached hydrogen (secondary N) is 1. The van der Waals surface area contributed by atoms with Gasteiger partial charge in [-0.2, -0.15) is 0 Å². The molecule has 1 aromatic heterocycles. The highest BCUT2D eigenvalue weighted by molar-refractivity contribution is 7.91. The van der Waals surface area contributed by atoms with Gasteiger partial charge in [-0.1, -0.05) is 29.8 Å². The number of carbonyl (C=O) groups is 1. The van der Waals surface area contributed by atoms with Crippen LogP contribution in [0.25, 0.3) is 0 Å². The van der Waals surface area contributed by atoms with Crippen LogP contribution in [0.2, 0.25) is 0 Å². The highest BCUT2D eigenvalue weighted by Crippen LogP contribution is 2.37. The van der Waals surface area contributed by atoms with E-state index in [-0.39, 0.29) is 22.4 Å². The molecule has 0 saturated carbocycles. The van der Waals surface area contributed by atoms with Crippen LogP contribution in [-0.2, 0) is 39.0 Å². The summed E-state index contributed by atoms with van der Waals surface area (Å²) >= 11 is 1.18. The van der Waals surface area contributed by atoms with Gasteiger partial charge >= 0.3 is 5.97 Å². The van der Waals surface area contributed by atoms with Gasteiger partial charge in [-0.25, -0.2) is 17.9 Å². The number of ether oxygens (including phenoxy) is 2. The van der Waals surface area contributed by atoms with Crippen LogP contribution in [0.1, 0.15) is 44.8 Å². The molecule has 168 valence electrons. The summed E-state index contributed by atoms with van der Waals surface area (Å²) in [5, 5.41) is 0. The predicted octanol–water partition coefficient (Wildman–Crippen LogP) is 2.86. The number of aryl methyl sites for hydroxylation is 1. The lowest BCUT2D eigenvalue weighted by Crippen LogP contribution is -2.32. The molecule has 0 aliphatic carbocycles. The Kier molecular flexibility index (Phi) is 6.78. The Balaban J connectivity index is 1.57. The molecule has 0 spiro atoms. The van der Waals surface area contributed by atoms with E-state index in [4.69, 9.17) is 9.47 Å². The molecule has 3 heterocycles. The molecule has 1 atom stereocenters. The van der Waals surface area contributed by atoms with Gasteiger partial charge in [0.15, 0.2) is 0 Å². The van der Waals surface area contributed by atoms with Gasteiger partial charge < -0.3 is 9.47 Å². The third-order valence-electron chi connectivity index (χ3n) is 5.75. The summed E-state index contributed by atoms with van der Waals surface area (Å²) in [4.78, 5) is 15.7. The van der Waals surface area contributed by atoms with Crippen LogP contribution >= 0.6 is 11.3 Å². The number of fused-ring (bicyclic) bond motifs is 1. The Morgan fingerprint density at radius 1 is 1.39 bits per heavy atom. The molecule has 4 rings (SSSR count). The summed E-state index contributed by atoms with van der Waals surface area (Å²) in [5.74, 6) is -0.595. The second kappa shape index (κ2) is 9.38. The first kappa shape index (κ1) is 22.4. The van der Waals surface area contributed by atoms with Crippen LogP contribution < -0.4 is 4.72 Å². The molecule has 1 unspecified atom stereocenters. The van der Waals surface area contributed by atoms with Crippen molar-refractivity contribution in [3.8, 4) is 0 Å². The molecule has 0 radical (unpaired) electrons. The van der Waals surface area contributed by atoms with E-state index in [9.17, 15) is 13.2 Å². The van der Waals surface area contributed by atoms with Crippen LogP contribution in [-0.4, -0.2) is 52.2 Å². The molecule has 1 saturated heterocycles. The number of thiophene rings is 1. The number of hydrogen-bond donors (Lipinski definition) is 1. The first-order valence-corrected chi connectivity index (χ1v) is 12.8. The quantitative estimate of drug-likeness (QED) is 0.635. The van der Waals surface area contributed by atoms with Crippen molar-refractivity contribution in [1.82, 2.24) is 9.62 Å². The molecule has 7 nitrogen and oxygen atoms in total. The fraction of sp³-hybridized carbons (Fsp3) is 0.500. The van der Waals surface area contributed by atoms with E-state index >= 15 is 0 Å². The molecule has 2 aromatic rings. The molecule has 1 aromatic carbocycles. The van der Waals surface area contributed by atoms with Crippen molar-refractivity contribution in [2.24, 2.45) is 0 Å². The van der Waals surface area contributed by atoms with Crippen molar-refractivity contribution in [3.05, 3.63) is 51.4 Å². The second-order valence-electron chi connectivity index (χ2n) is 8.09. The van der Waals surface area contributed by atoms with Gasteiger partial charge in [-0.05, 0) is 37.3 Å². The minimum Gasteiger partial charge on any atom is -0.465 e. The van der Waals surface area contributed by atoms with E-state index in [2.05, 4.69) is 34.7 Å². The van der Waals surface area contributed by atoms with E-state index in [0.717, 1.165) is 36.4 Å². The van der Waals surface area contributed by atoms with Crippen molar-refractivity contribution in [2.75, 3.05) is 26.8 Å². The number of nitrogens with zero attached hydrogens (tertiary/aromatic N) is 1. The number of methoxy groups -OCH3 is 1. The predicted molar refractivity (Wildman–Crippen MR) is 119 cm³/mol. The first-order valence-electron chi connectivity index (χ1n) is 10.5. The molecule has 1 fully saturated rings. The Morgan fingerprint density at radius 3 is 2.94 bits per heavy atom.